The third-order valence-corrected chi connectivity index (χ3v) is 0.615. The molecule has 3 nitrogen and oxygen atoms in total. The maximum absolute atomic E-state index is 9.08. The van der Waals surface area contributed by atoms with Gasteiger partial charge < -0.3 is 0 Å². The standard InChI is InChI=1S/3O.Pd.Rh.Ru. The molecule has 0 fully saturated rings. The molecule has 0 rings (SSSR count). The van der Waals surface area contributed by atoms with Crippen molar-refractivity contribution in [3.05, 3.63) is 0 Å². The molecule has 45 valence electrons. The first-order valence-electron chi connectivity index (χ1n) is 0.515. The van der Waals surface area contributed by atoms with Crippen molar-refractivity contribution in [2.75, 3.05) is 0 Å². The predicted octanol–water partition coefficient (Wildman–Crippen LogP) is -0.364. The van der Waals surface area contributed by atoms with Gasteiger partial charge in [-0.2, -0.15) is 0 Å². The third kappa shape index (κ3) is 18.5. The van der Waals surface area contributed by atoms with Gasteiger partial charge in [0, 0.05) is 0 Å². The zero-order chi connectivity index (χ0) is 5.41. The van der Waals surface area contributed by atoms with Crippen molar-refractivity contribution >= 4 is 0 Å². The molecular formula is O3PdRhRu. The van der Waals surface area contributed by atoms with E-state index in [1.54, 1.807) is 0 Å². The molecule has 0 amide bonds. The van der Waals surface area contributed by atoms with E-state index in [0.29, 0.717) is 0 Å². The molecule has 0 saturated carbocycles. The molecule has 0 radical (unpaired) electrons. The van der Waals surface area contributed by atoms with Crippen molar-refractivity contribution in [3.8, 4) is 0 Å². The van der Waals surface area contributed by atoms with Crippen LogP contribution in [0, 0.1) is 0 Å². The molecule has 6 heavy (non-hydrogen) atoms. The molecule has 0 aromatic heterocycles. The summed E-state index contributed by atoms with van der Waals surface area (Å²) in [6.45, 7) is 0. The summed E-state index contributed by atoms with van der Waals surface area (Å²) in [5, 5.41) is 0. The van der Waals surface area contributed by atoms with E-state index in [9.17, 15) is 0 Å². The van der Waals surface area contributed by atoms with Gasteiger partial charge in [0.2, 0.25) is 0 Å². The van der Waals surface area contributed by atoms with Crippen LogP contribution in [0.15, 0.2) is 0 Å². The second kappa shape index (κ2) is 16.2. The molecule has 0 aromatic rings. The van der Waals surface area contributed by atoms with Gasteiger partial charge in [-0.15, -0.1) is 0 Å². The zero-order valence-corrected chi connectivity index (χ0v) is 7.16. The van der Waals surface area contributed by atoms with E-state index in [0.717, 1.165) is 18.3 Å². The average Bonchev–Trinajstić information content (AvgIpc) is 1.72. The van der Waals surface area contributed by atoms with Gasteiger partial charge in [0.05, 0.1) is 0 Å². The van der Waals surface area contributed by atoms with E-state index in [4.69, 9.17) is 10.6 Å². The van der Waals surface area contributed by atoms with E-state index < -0.39 is 29.7 Å². The van der Waals surface area contributed by atoms with Crippen LogP contribution in [-0.4, -0.2) is 0 Å². The molecule has 0 spiro atoms. The normalized spacial score (nSPS) is 6.83. The van der Waals surface area contributed by atoms with Crippen molar-refractivity contribution in [2.45, 2.75) is 0 Å². The molecule has 0 bridgehead atoms. The monoisotopic (exact) mass is 359 g/mol. The van der Waals surface area contributed by atoms with Gasteiger partial charge in [0.1, 0.15) is 0 Å². The van der Waals surface area contributed by atoms with Gasteiger partial charge >= 0.3 is 58.6 Å². The Morgan fingerprint density at radius 2 is 1.67 bits per heavy atom. The van der Waals surface area contributed by atoms with Gasteiger partial charge in [0.25, 0.3) is 0 Å². The Balaban J connectivity index is 0. The van der Waals surface area contributed by atoms with Crippen molar-refractivity contribution in [3.63, 3.8) is 0 Å². The van der Waals surface area contributed by atoms with E-state index >= 15 is 0 Å². The summed E-state index contributed by atoms with van der Waals surface area (Å²) in [6, 6.07) is 0. The van der Waals surface area contributed by atoms with E-state index in [1.165, 1.54) is 0 Å². The van der Waals surface area contributed by atoms with Crippen LogP contribution in [0.1, 0.15) is 0 Å². The molecule has 0 aliphatic rings. The van der Waals surface area contributed by atoms with Crippen LogP contribution in [-0.2, 0) is 58.6 Å². The summed E-state index contributed by atoms with van der Waals surface area (Å²) in [4.78, 5) is 0. The average molecular weight is 358 g/mol. The first kappa shape index (κ1) is 10.3. The fourth-order valence-corrected chi connectivity index (χ4v) is 0. The SMILES string of the molecule is [O]=[Rh][Pd]=[O].[O]=[Ru]. The molecule has 0 aliphatic carbocycles. The summed E-state index contributed by atoms with van der Waals surface area (Å²) < 4.78 is 26.3. The number of hydrogen-bond donors (Lipinski definition) is 0. The van der Waals surface area contributed by atoms with Crippen LogP contribution in [0.3, 0.4) is 0 Å². The minimum absolute atomic E-state index is 0.738. The van der Waals surface area contributed by atoms with Crippen molar-refractivity contribution in [1.29, 1.82) is 0 Å². The molecule has 0 N–H and O–H groups in total. The minimum atomic E-state index is -0.887. The number of rotatable bonds is 1. The van der Waals surface area contributed by atoms with Gasteiger partial charge in [-0.1, -0.05) is 0 Å². The first-order valence-corrected chi connectivity index (χ1v) is 6.11. The van der Waals surface area contributed by atoms with Crippen LogP contribution in [0.25, 0.3) is 0 Å². The summed E-state index contributed by atoms with van der Waals surface area (Å²) in [5.74, 6) is 0. The van der Waals surface area contributed by atoms with Crippen LogP contribution >= 0.6 is 0 Å². The molecule has 0 heterocycles. The Morgan fingerprint density at radius 3 is 1.67 bits per heavy atom. The van der Waals surface area contributed by atoms with Crippen LogP contribution in [0.5, 0.6) is 0 Å². The van der Waals surface area contributed by atoms with E-state index in [-0.39, 0.29) is 0 Å². The Bertz CT molecular complexity index is 40.1. The number of hydrogen-bond acceptors (Lipinski definition) is 3. The van der Waals surface area contributed by atoms with Crippen molar-refractivity contribution < 1.29 is 58.6 Å². The third-order valence-electron chi connectivity index (χ3n) is 0.0176. The summed E-state index contributed by atoms with van der Waals surface area (Å²) in [5.41, 5.74) is 0. The quantitative estimate of drug-likeness (QED) is 0.602. The first-order chi connectivity index (χ1) is 2.91. The van der Waals surface area contributed by atoms with Crippen LogP contribution < -0.4 is 0 Å². The van der Waals surface area contributed by atoms with Crippen LogP contribution in [0.2, 0.25) is 0 Å². The molecule has 0 saturated heterocycles. The van der Waals surface area contributed by atoms with Crippen molar-refractivity contribution in [2.24, 2.45) is 0 Å². The van der Waals surface area contributed by atoms with Gasteiger partial charge in [-0.05, 0) is 0 Å². The van der Waals surface area contributed by atoms with Crippen LogP contribution in [0.4, 0.5) is 0 Å². The summed E-state index contributed by atoms with van der Waals surface area (Å²) in [6.07, 6.45) is 0. The molecular weight excluding hydrogens is 358 g/mol. The van der Waals surface area contributed by atoms with E-state index in [1.807, 2.05) is 0 Å². The van der Waals surface area contributed by atoms with Gasteiger partial charge in [0.15, 0.2) is 0 Å². The Labute approximate surface area is 58.1 Å². The van der Waals surface area contributed by atoms with E-state index in [2.05, 4.69) is 0 Å². The molecule has 0 aliphatic heterocycles. The topological polar surface area (TPSA) is 51.2 Å². The fourth-order valence-electron chi connectivity index (χ4n) is 0. The Kier molecular flexibility index (Phi) is 27.9. The van der Waals surface area contributed by atoms with Gasteiger partial charge in [-0.3, -0.25) is 0 Å². The second-order valence-corrected chi connectivity index (χ2v) is 3.01. The summed E-state index contributed by atoms with van der Waals surface area (Å²) in [7, 11) is 0. The van der Waals surface area contributed by atoms with Crippen molar-refractivity contribution in [1.82, 2.24) is 0 Å². The fraction of sp³-hybridized carbons (Fsp3) is 0. The Morgan fingerprint density at radius 1 is 1.50 bits per heavy atom. The molecule has 0 atom stereocenters. The molecule has 0 aromatic carbocycles. The maximum atomic E-state index is 9.08. The summed E-state index contributed by atoms with van der Waals surface area (Å²) >= 11 is -0.526. The Hall–Kier alpha value is 1.31. The molecule has 0 unspecified atom stereocenters. The predicted molar refractivity (Wildman–Crippen MR) is 2.06 cm³/mol. The second-order valence-electron chi connectivity index (χ2n) is 0.0861. The molecule has 6 heteroatoms. The zero-order valence-electron chi connectivity index (χ0n) is 2.23. The van der Waals surface area contributed by atoms with Gasteiger partial charge in [-0.25, -0.2) is 0 Å².